The summed E-state index contributed by atoms with van der Waals surface area (Å²) >= 11 is 0. The largest absolute Gasteiger partial charge is 0.465 e. The molecule has 6 heteroatoms. The van der Waals surface area contributed by atoms with Gasteiger partial charge in [-0.25, -0.2) is 17.5 Å². The summed E-state index contributed by atoms with van der Waals surface area (Å²) in [5, 5.41) is 0. The summed E-state index contributed by atoms with van der Waals surface area (Å²) in [5.74, 6) is -0.452. The van der Waals surface area contributed by atoms with E-state index in [1.807, 2.05) is 18.2 Å². The molecule has 2 rings (SSSR count). The first-order valence-electron chi connectivity index (χ1n) is 7.07. The number of sulfonamides is 1. The number of nitrogens with zero attached hydrogens (tertiary/aromatic N) is 1. The van der Waals surface area contributed by atoms with Crippen LogP contribution in [0.1, 0.15) is 21.5 Å². The van der Waals surface area contributed by atoms with E-state index in [1.165, 1.54) is 11.4 Å². The van der Waals surface area contributed by atoms with Gasteiger partial charge in [-0.05, 0) is 23.3 Å². The van der Waals surface area contributed by atoms with Gasteiger partial charge in [-0.3, -0.25) is 0 Å². The lowest BCUT2D eigenvalue weighted by Gasteiger charge is -2.17. The first-order chi connectivity index (χ1) is 10.9. The number of hydrogen-bond acceptors (Lipinski definition) is 4. The molecule has 0 aliphatic carbocycles. The van der Waals surface area contributed by atoms with Gasteiger partial charge in [-0.2, -0.15) is 0 Å². The molecule has 0 aromatic heterocycles. The van der Waals surface area contributed by atoms with Crippen LogP contribution in [0.2, 0.25) is 0 Å². The lowest BCUT2D eigenvalue weighted by molar-refractivity contribution is 0.0600. The van der Waals surface area contributed by atoms with Gasteiger partial charge in [0.1, 0.15) is 0 Å². The Hall–Kier alpha value is -2.18. The molecule has 0 heterocycles. The summed E-state index contributed by atoms with van der Waals surface area (Å²) in [7, 11) is -0.533. The van der Waals surface area contributed by atoms with E-state index in [2.05, 4.69) is 4.74 Å². The van der Waals surface area contributed by atoms with Crippen LogP contribution >= 0.6 is 0 Å². The predicted octanol–water partition coefficient (Wildman–Crippen LogP) is 2.44. The fourth-order valence-electron chi connectivity index (χ4n) is 2.11. The quantitative estimate of drug-likeness (QED) is 0.762. The number of hydrogen-bond donors (Lipinski definition) is 0. The highest BCUT2D eigenvalue weighted by Gasteiger charge is 2.18. The zero-order valence-corrected chi connectivity index (χ0v) is 13.9. The Bertz CT molecular complexity index is 755. The van der Waals surface area contributed by atoms with E-state index < -0.39 is 16.0 Å². The van der Waals surface area contributed by atoms with Crippen LogP contribution in [0.15, 0.2) is 54.6 Å². The van der Waals surface area contributed by atoms with Crippen LogP contribution < -0.4 is 0 Å². The van der Waals surface area contributed by atoms with Crippen molar-refractivity contribution < 1.29 is 17.9 Å². The number of esters is 1. The minimum atomic E-state index is -3.40. The summed E-state index contributed by atoms with van der Waals surface area (Å²) in [6, 6.07) is 15.8. The third kappa shape index (κ3) is 4.64. The lowest BCUT2D eigenvalue weighted by Crippen LogP contribution is -2.27. The molecule has 0 saturated carbocycles. The first kappa shape index (κ1) is 17.2. The number of benzene rings is 2. The van der Waals surface area contributed by atoms with E-state index in [9.17, 15) is 13.2 Å². The molecule has 122 valence electrons. The lowest BCUT2D eigenvalue weighted by atomic mass is 10.1. The summed E-state index contributed by atoms with van der Waals surface area (Å²) in [6.07, 6.45) is 0. The maximum atomic E-state index is 12.4. The first-order valence-corrected chi connectivity index (χ1v) is 8.68. The van der Waals surface area contributed by atoms with Gasteiger partial charge in [0.25, 0.3) is 0 Å². The molecule has 0 saturated heterocycles. The predicted molar refractivity (Wildman–Crippen MR) is 88.3 cm³/mol. The van der Waals surface area contributed by atoms with Crippen molar-refractivity contribution in [1.82, 2.24) is 4.31 Å². The third-order valence-electron chi connectivity index (χ3n) is 3.45. The molecule has 0 fully saturated rings. The summed E-state index contributed by atoms with van der Waals surface area (Å²) in [5.41, 5.74) is 1.99. The SMILES string of the molecule is COC(=O)c1ccc(CN(C)S(=O)(=O)Cc2ccccc2)cc1. The van der Waals surface area contributed by atoms with Gasteiger partial charge in [-0.15, -0.1) is 0 Å². The minimum Gasteiger partial charge on any atom is -0.465 e. The molecule has 23 heavy (non-hydrogen) atoms. The molecule has 0 aliphatic heterocycles. The maximum Gasteiger partial charge on any atom is 0.337 e. The van der Waals surface area contributed by atoms with Crippen molar-refractivity contribution in [2.45, 2.75) is 12.3 Å². The Morgan fingerprint density at radius 2 is 1.61 bits per heavy atom. The molecule has 0 unspecified atom stereocenters. The van der Waals surface area contributed by atoms with Gasteiger partial charge in [0.05, 0.1) is 18.4 Å². The highest BCUT2D eigenvalue weighted by Crippen LogP contribution is 2.14. The molecule has 2 aromatic carbocycles. The standard InChI is InChI=1S/C17H19NO4S/c1-18(23(20,21)13-15-6-4-3-5-7-15)12-14-8-10-16(11-9-14)17(19)22-2/h3-11H,12-13H2,1-2H3. The molecule has 0 atom stereocenters. The van der Waals surface area contributed by atoms with Crippen molar-refractivity contribution in [3.63, 3.8) is 0 Å². The molecule has 5 nitrogen and oxygen atoms in total. The van der Waals surface area contributed by atoms with Crippen LogP contribution in [0.3, 0.4) is 0 Å². The Labute approximate surface area is 136 Å². The number of carbonyl (C=O) groups is 1. The molecule has 2 aromatic rings. The van der Waals surface area contributed by atoms with E-state index in [1.54, 1.807) is 43.4 Å². The summed E-state index contributed by atoms with van der Waals surface area (Å²) in [4.78, 5) is 11.4. The average molecular weight is 333 g/mol. The van der Waals surface area contributed by atoms with Crippen molar-refractivity contribution in [2.24, 2.45) is 0 Å². The van der Waals surface area contributed by atoms with E-state index in [0.717, 1.165) is 11.1 Å². The van der Waals surface area contributed by atoms with Crippen molar-refractivity contribution in [3.05, 3.63) is 71.3 Å². The number of ether oxygens (including phenoxy) is 1. The van der Waals surface area contributed by atoms with Gasteiger partial charge in [-0.1, -0.05) is 42.5 Å². The van der Waals surface area contributed by atoms with E-state index in [4.69, 9.17) is 0 Å². The maximum absolute atomic E-state index is 12.4. The highest BCUT2D eigenvalue weighted by molar-refractivity contribution is 7.88. The fraction of sp³-hybridized carbons (Fsp3) is 0.235. The van der Waals surface area contributed by atoms with E-state index >= 15 is 0 Å². The van der Waals surface area contributed by atoms with Gasteiger partial charge < -0.3 is 4.74 Å². The topological polar surface area (TPSA) is 63.7 Å². The van der Waals surface area contributed by atoms with Crippen LogP contribution in [0.25, 0.3) is 0 Å². The number of methoxy groups -OCH3 is 1. The molecule has 0 amide bonds. The van der Waals surface area contributed by atoms with E-state index in [0.29, 0.717) is 5.56 Å². The van der Waals surface area contributed by atoms with Crippen LogP contribution in [0.5, 0.6) is 0 Å². The molecule has 0 spiro atoms. The smallest absolute Gasteiger partial charge is 0.337 e. The molecular weight excluding hydrogens is 314 g/mol. The Morgan fingerprint density at radius 1 is 1.00 bits per heavy atom. The van der Waals surface area contributed by atoms with E-state index in [-0.39, 0.29) is 12.3 Å². The number of carbonyl (C=O) groups excluding carboxylic acids is 1. The molecule has 0 bridgehead atoms. The van der Waals surface area contributed by atoms with Crippen LogP contribution in [-0.4, -0.2) is 32.8 Å². The van der Waals surface area contributed by atoms with Crippen molar-refractivity contribution in [3.8, 4) is 0 Å². The molecule has 0 radical (unpaired) electrons. The molecule has 0 N–H and O–H groups in total. The highest BCUT2D eigenvalue weighted by atomic mass is 32.2. The van der Waals surface area contributed by atoms with Crippen LogP contribution in [-0.2, 0) is 27.1 Å². The second-order valence-corrected chi connectivity index (χ2v) is 7.26. The summed E-state index contributed by atoms with van der Waals surface area (Å²) in [6.45, 7) is 0.247. The van der Waals surface area contributed by atoms with Crippen LogP contribution in [0, 0.1) is 0 Å². The zero-order valence-electron chi connectivity index (χ0n) is 13.1. The number of rotatable bonds is 6. The van der Waals surface area contributed by atoms with Gasteiger partial charge in [0.2, 0.25) is 10.0 Å². The Morgan fingerprint density at radius 3 is 2.17 bits per heavy atom. The summed E-state index contributed by atoms with van der Waals surface area (Å²) < 4.78 is 30.7. The average Bonchev–Trinajstić information content (AvgIpc) is 2.55. The second kappa shape index (κ2) is 7.39. The Balaban J connectivity index is 2.05. The van der Waals surface area contributed by atoms with Crippen LogP contribution in [0.4, 0.5) is 0 Å². The monoisotopic (exact) mass is 333 g/mol. The fourth-order valence-corrected chi connectivity index (χ4v) is 3.29. The molecular formula is C17H19NO4S. The van der Waals surface area contributed by atoms with Crippen molar-refractivity contribution >= 4 is 16.0 Å². The van der Waals surface area contributed by atoms with Crippen molar-refractivity contribution in [2.75, 3.05) is 14.2 Å². The normalized spacial score (nSPS) is 11.4. The van der Waals surface area contributed by atoms with Gasteiger partial charge in [0.15, 0.2) is 0 Å². The van der Waals surface area contributed by atoms with Crippen molar-refractivity contribution in [1.29, 1.82) is 0 Å². The second-order valence-electron chi connectivity index (χ2n) is 5.19. The minimum absolute atomic E-state index is 0.0371. The zero-order chi connectivity index (χ0) is 16.9. The Kier molecular flexibility index (Phi) is 5.52. The van der Waals surface area contributed by atoms with Gasteiger partial charge in [0, 0.05) is 13.6 Å². The van der Waals surface area contributed by atoms with Gasteiger partial charge >= 0.3 is 5.97 Å². The molecule has 0 aliphatic rings. The third-order valence-corrected chi connectivity index (χ3v) is 5.22.